The largest absolute Gasteiger partial charge is 0.497 e. The van der Waals surface area contributed by atoms with Gasteiger partial charge in [-0.15, -0.1) is 0 Å². The molecule has 1 atom stereocenters. The molecule has 6 heteroatoms. The summed E-state index contributed by atoms with van der Waals surface area (Å²) in [5, 5.41) is 0. The average Bonchev–Trinajstić information content (AvgIpc) is 2.88. The summed E-state index contributed by atoms with van der Waals surface area (Å²) in [7, 11) is -1.81. The standard InChI is InChI=1S/C12H17NO3S2/c1-16-11-2-4-12(5-3-11)18(14,15)13-7-6-10(8-13)9-17/h2-5,10,17H,6-9H2,1H3. The molecule has 1 aromatic carbocycles. The van der Waals surface area contributed by atoms with Crippen molar-refractivity contribution in [2.24, 2.45) is 5.92 Å². The number of rotatable bonds is 4. The normalized spacial score (nSPS) is 21.1. The number of sulfonamides is 1. The first kappa shape index (κ1) is 13.7. The Morgan fingerprint density at radius 1 is 1.39 bits per heavy atom. The Hall–Kier alpha value is -0.720. The van der Waals surface area contributed by atoms with E-state index in [2.05, 4.69) is 12.6 Å². The lowest BCUT2D eigenvalue weighted by molar-refractivity contribution is 0.414. The zero-order valence-corrected chi connectivity index (χ0v) is 12.0. The molecule has 0 aliphatic carbocycles. The van der Waals surface area contributed by atoms with Crippen molar-refractivity contribution >= 4 is 22.7 Å². The maximum absolute atomic E-state index is 12.4. The summed E-state index contributed by atoms with van der Waals surface area (Å²) in [4.78, 5) is 0.322. The Kier molecular flexibility index (Phi) is 4.19. The van der Waals surface area contributed by atoms with Gasteiger partial charge in [-0.25, -0.2) is 8.42 Å². The predicted octanol–water partition coefficient (Wildman–Crippen LogP) is 1.64. The topological polar surface area (TPSA) is 46.6 Å². The molecule has 1 unspecified atom stereocenters. The summed E-state index contributed by atoms with van der Waals surface area (Å²) in [5.41, 5.74) is 0. The fourth-order valence-electron chi connectivity index (χ4n) is 2.06. The molecule has 0 spiro atoms. The van der Waals surface area contributed by atoms with E-state index in [0.717, 1.165) is 12.2 Å². The highest BCUT2D eigenvalue weighted by Gasteiger charge is 2.31. The van der Waals surface area contributed by atoms with Crippen LogP contribution in [0.1, 0.15) is 6.42 Å². The number of hydrogen-bond donors (Lipinski definition) is 1. The van der Waals surface area contributed by atoms with Gasteiger partial charge in [0, 0.05) is 13.1 Å². The van der Waals surface area contributed by atoms with Crippen molar-refractivity contribution in [3.8, 4) is 5.75 Å². The van der Waals surface area contributed by atoms with Crippen molar-refractivity contribution < 1.29 is 13.2 Å². The molecule has 100 valence electrons. The van der Waals surface area contributed by atoms with Crippen molar-refractivity contribution in [3.05, 3.63) is 24.3 Å². The molecule has 1 aliphatic rings. The third-order valence-electron chi connectivity index (χ3n) is 3.20. The summed E-state index contributed by atoms with van der Waals surface area (Å²) < 4.78 is 31.3. The zero-order chi connectivity index (χ0) is 13.2. The predicted molar refractivity (Wildman–Crippen MR) is 73.7 cm³/mol. The van der Waals surface area contributed by atoms with Crippen LogP contribution in [0.25, 0.3) is 0 Å². The summed E-state index contributed by atoms with van der Waals surface area (Å²) >= 11 is 4.23. The summed E-state index contributed by atoms with van der Waals surface area (Å²) in [6.07, 6.45) is 0.888. The van der Waals surface area contributed by atoms with Crippen molar-refractivity contribution in [3.63, 3.8) is 0 Å². The molecule has 0 saturated carbocycles. The lowest BCUT2D eigenvalue weighted by Gasteiger charge is -2.16. The van der Waals surface area contributed by atoms with Crippen molar-refractivity contribution in [2.75, 3.05) is 26.0 Å². The summed E-state index contributed by atoms with van der Waals surface area (Å²) in [6, 6.07) is 6.50. The van der Waals surface area contributed by atoms with Gasteiger partial charge < -0.3 is 4.74 Å². The smallest absolute Gasteiger partial charge is 0.243 e. The van der Waals surface area contributed by atoms with E-state index in [9.17, 15) is 8.42 Å². The minimum absolute atomic E-state index is 0.322. The van der Waals surface area contributed by atoms with E-state index in [1.54, 1.807) is 31.4 Å². The molecule has 0 radical (unpaired) electrons. The van der Waals surface area contributed by atoms with Crippen LogP contribution in [0.5, 0.6) is 5.75 Å². The average molecular weight is 287 g/mol. The van der Waals surface area contributed by atoms with Crippen LogP contribution in [0, 0.1) is 5.92 Å². The lowest BCUT2D eigenvalue weighted by atomic mass is 10.2. The molecular formula is C12H17NO3S2. The Balaban J connectivity index is 2.20. The molecule has 4 nitrogen and oxygen atoms in total. The first-order valence-corrected chi connectivity index (χ1v) is 7.90. The van der Waals surface area contributed by atoms with Crippen LogP contribution in [0.15, 0.2) is 29.2 Å². The molecule has 0 aromatic heterocycles. The first-order chi connectivity index (χ1) is 8.57. The number of hydrogen-bond acceptors (Lipinski definition) is 4. The van der Waals surface area contributed by atoms with Gasteiger partial charge in [-0.2, -0.15) is 16.9 Å². The van der Waals surface area contributed by atoms with E-state index in [4.69, 9.17) is 4.74 Å². The number of thiol groups is 1. The van der Waals surface area contributed by atoms with Crippen LogP contribution in [0.2, 0.25) is 0 Å². The van der Waals surface area contributed by atoms with E-state index < -0.39 is 10.0 Å². The van der Waals surface area contributed by atoms with Crippen LogP contribution in [-0.4, -0.2) is 38.7 Å². The van der Waals surface area contributed by atoms with E-state index in [1.165, 1.54) is 4.31 Å². The molecule has 18 heavy (non-hydrogen) atoms. The number of ether oxygens (including phenoxy) is 1. The molecule has 1 saturated heterocycles. The monoisotopic (exact) mass is 287 g/mol. The van der Waals surface area contributed by atoms with Crippen LogP contribution < -0.4 is 4.74 Å². The molecule has 0 bridgehead atoms. The van der Waals surface area contributed by atoms with Gasteiger partial charge in [0.05, 0.1) is 12.0 Å². The van der Waals surface area contributed by atoms with E-state index in [1.807, 2.05) is 0 Å². The quantitative estimate of drug-likeness (QED) is 0.856. The molecule has 1 heterocycles. The lowest BCUT2D eigenvalue weighted by Crippen LogP contribution is -2.29. The van der Waals surface area contributed by atoms with Gasteiger partial charge in [0.1, 0.15) is 5.75 Å². The van der Waals surface area contributed by atoms with Crippen LogP contribution in [0.3, 0.4) is 0 Å². The third kappa shape index (κ3) is 2.65. The minimum atomic E-state index is -3.36. The van der Waals surface area contributed by atoms with Gasteiger partial charge in [-0.1, -0.05) is 0 Å². The molecule has 1 fully saturated rings. The van der Waals surface area contributed by atoms with E-state index >= 15 is 0 Å². The number of nitrogens with zero attached hydrogens (tertiary/aromatic N) is 1. The minimum Gasteiger partial charge on any atom is -0.497 e. The molecule has 1 aromatic rings. The highest BCUT2D eigenvalue weighted by atomic mass is 32.2. The summed E-state index contributed by atoms with van der Waals surface area (Å²) in [6.45, 7) is 1.15. The SMILES string of the molecule is COc1ccc(S(=O)(=O)N2CCC(CS)C2)cc1. The van der Waals surface area contributed by atoms with E-state index in [-0.39, 0.29) is 0 Å². The fraction of sp³-hybridized carbons (Fsp3) is 0.500. The Bertz CT molecular complexity index is 499. The first-order valence-electron chi connectivity index (χ1n) is 5.83. The third-order valence-corrected chi connectivity index (χ3v) is 5.60. The second-order valence-electron chi connectivity index (χ2n) is 4.38. The molecule has 1 aliphatic heterocycles. The van der Waals surface area contributed by atoms with Crippen molar-refractivity contribution in [2.45, 2.75) is 11.3 Å². The van der Waals surface area contributed by atoms with Crippen LogP contribution in [-0.2, 0) is 10.0 Å². The van der Waals surface area contributed by atoms with Crippen molar-refractivity contribution in [1.82, 2.24) is 4.31 Å². The Morgan fingerprint density at radius 3 is 2.56 bits per heavy atom. The summed E-state index contributed by atoms with van der Waals surface area (Å²) in [5.74, 6) is 1.75. The fourth-order valence-corrected chi connectivity index (χ4v) is 3.89. The molecular weight excluding hydrogens is 270 g/mol. The van der Waals surface area contributed by atoms with Crippen LogP contribution in [0.4, 0.5) is 0 Å². The number of benzene rings is 1. The Labute approximate surface area is 113 Å². The molecule has 0 N–H and O–H groups in total. The van der Waals surface area contributed by atoms with Gasteiger partial charge in [-0.3, -0.25) is 0 Å². The van der Waals surface area contributed by atoms with Gasteiger partial charge in [-0.05, 0) is 42.4 Å². The second-order valence-corrected chi connectivity index (χ2v) is 6.68. The molecule has 0 amide bonds. The highest BCUT2D eigenvalue weighted by Crippen LogP contribution is 2.25. The maximum atomic E-state index is 12.4. The van der Waals surface area contributed by atoms with Gasteiger partial charge in [0.25, 0.3) is 0 Å². The second kappa shape index (κ2) is 5.50. The highest BCUT2D eigenvalue weighted by molar-refractivity contribution is 7.89. The van der Waals surface area contributed by atoms with Crippen molar-refractivity contribution in [1.29, 1.82) is 0 Å². The maximum Gasteiger partial charge on any atom is 0.243 e. The van der Waals surface area contributed by atoms with Gasteiger partial charge >= 0.3 is 0 Å². The van der Waals surface area contributed by atoms with Gasteiger partial charge in [0.15, 0.2) is 0 Å². The molecule has 2 rings (SSSR count). The Morgan fingerprint density at radius 2 is 2.06 bits per heavy atom. The zero-order valence-electron chi connectivity index (χ0n) is 10.2. The van der Waals surface area contributed by atoms with Crippen LogP contribution >= 0.6 is 12.6 Å². The number of methoxy groups -OCH3 is 1. The van der Waals surface area contributed by atoms with E-state index in [0.29, 0.717) is 29.7 Å². The van der Waals surface area contributed by atoms with Gasteiger partial charge in [0.2, 0.25) is 10.0 Å².